The molecule has 1 heteroatoms. The lowest BCUT2D eigenvalue weighted by Crippen LogP contribution is -2.34. The smallest absolute Gasteiger partial charge is 0.00235 e. The molecular formula is C20H31N. The average molecular weight is 285 g/mol. The fraction of sp³-hybridized carbons (Fsp3) is 0.700. The van der Waals surface area contributed by atoms with E-state index in [1.807, 2.05) is 0 Å². The summed E-state index contributed by atoms with van der Waals surface area (Å²) in [7, 11) is 0. The van der Waals surface area contributed by atoms with Crippen molar-refractivity contribution in [3.05, 3.63) is 35.4 Å². The van der Waals surface area contributed by atoms with Gasteiger partial charge in [0, 0.05) is 12.5 Å². The van der Waals surface area contributed by atoms with Crippen LogP contribution in [0.4, 0.5) is 0 Å². The molecule has 1 N–H and O–H groups in total. The zero-order chi connectivity index (χ0) is 14.9. The lowest BCUT2D eigenvalue weighted by atomic mass is 9.70. The van der Waals surface area contributed by atoms with Gasteiger partial charge < -0.3 is 5.32 Å². The van der Waals surface area contributed by atoms with Crippen molar-refractivity contribution < 1.29 is 0 Å². The van der Waals surface area contributed by atoms with Gasteiger partial charge in [0.2, 0.25) is 0 Å². The van der Waals surface area contributed by atoms with Crippen LogP contribution in [0.2, 0.25) is 0 Å². The van der Waals surface area contributed by atoms with Gasteiger partial charge in [0.1, 0.15) is 0 Å². The molecule has 1 nitrogen and oxygen atoms in total. The summed E-state index contributed by atoms with van der Waals surface area (Å²) in [6, 6.07) is 8.92. The molecule has 116 valence electrons. The monoisotopic (exact) mass is 285 g/mol. The summed E-state index contributed by atoms with van der Waals surface area (Å²) < 4.78 is 0. The van der Waals surface area contributed by atoms with Crippen molar-refractivity contribution in [2.24, 2.45) is 17.3 Å². The van der Waals surface area contributed by atoms with Crippen molar-refractivity contribution in [1.82, 2.24) is 5.32 Å². The van der Waals surface area contributed by atoms with Crippen LogP contribution in [0.5, 0.6) is 0 Å². The zero-order valence-electron chi connectivity index (χ0n) is 14.0. The van der Waals surface area contributed by atoms with Crippen LogP contribution in [-0.4, -0.2) is 13.1 Å². The normalized spacial score (nSPS) is 28.8. The summed E-state index contributed by atoms with van der Waals surface area (Å²) in [5.74, 6) is 2.62. The van der Waals surface area contributed by atoms with E-state index in [1.54, 1.807) is 11.1 Å². The molecule has 2 aliphatic carbocycles. The summed E-state index contributed by atoms with van der Waals surface area (Å²) in [6.45, 7) is 9.63. The average Bonchev–Trinajstić information content (AvgIpc) is 2.43. The molecule has 1 saturated carbocycles. The maximum absolute atomic E-state index is 3.75. The van der Waals surface area contributed by atoms with E-state index in [2.05, 4.69) is 50.4 Å². The van der Waals surface area contributed by atoms with Crippen LogP contribution in [0.25, 0.3) is 0 Å². The summed E-state index contributed by atoms with van der Waals surface area (Å²) >= 11 is 0. The van der Waals surface area contributed by atoms with E-state index in [9.17, 15) is 0 Å². The van der Waals surface area contributed by atoms with Gasteiger partial charge in [-0.15, -0.1) is 0 Å². The highest BCUT2D eigenvalue weighted by atomic mass is 14.9. The molecule has 1 aromatic carbocycles. The van der Waals surface area contributed by atoms with E-state index < -0.39 is 0 Å². The first-order valence-electron chi connectivity index (χ1n) is 8.82. The minimum atomic E-state index is 0.508. The van der Waals surface area contributed by atoms with Crippen LogP contribution in [0.15, 0.2) is 24.3 Å². The molecule has 1 fully saturated rings. The highest BCUT2D eigenvalue weighted by Gasteiger charge is 2.30. The van der Waals surface area contributed by atoms with Crippen LogP contribution >= 0.6 is 0 Å². The Bertz CT molecular complexity index is 463. The third-order valence-corrected chi connectivity index (χ3v) is 5.86. The summed E-state index contributed by atoms with van der Waals surface area (Å²) in [5.41, 5.74) is 3.66. The Morgan fingerprint density at radius 2 is 1.71 bits per heavy atom. The number of hydrogen-bond acceptors (Lipinski definition) is 1. The number of rotatable bonds is 4. The Labute approximate surface area is 130 Å². The Morgan fingerprint density at radius 1 is 1.00 bits per heavy atom. The molecule has 3 rings (SSSR count). The van der Waals surface area contributed by atoms with E-state index in [1.165, 1.54) is 45.2 Å². The molecule has 1 atom stereocenters. The van der Waals surface area contributed by atoms with Gasteiger partial charge in [-0.3, -0.25) is 0 Å². The molecule has 1 aromatic rings. The second-order valence-corrected chi connectivity index (χ2v) is 8.34. The molecule has 0 aliphatic heterocycles. The first kappa shape index (κ1) is 15.1. The van der Waals surface area contributed by atoms with Crippen molar-refractivity contribution in [3.8, 4) is 0 Å². The predicted molar refractivity (Wildman–Crippen MR) is 90.7 cm³/mol. The Balaban J connectivity index is 1.37. The second-order valence-electron chi connectivity index (χ2n) is 8.34. The molecule has 1 unspecified atom stereocenters. The number of fused-ring (bicyclic) bond motifs is 1. The number of hydrogen-bond donors (Lipinski definition) is 1. The topological polar surface area (TPSA) is 12.0 Å². The zero-order valence-corrected chi connectivity index (χ0v) is 14.0. The standard InChI is InChI=1S/C20H31N/c1-20(2,3)18-10-8-15(9-11-18)13-21-14-17-12-16-6-4-5-7-19(16)17/h4-7,15,17-18,21H,8-14H2,1-3H3. The molecule has 0 saturated heterocycles. The van der Waals surface area contributed by atoms with Crippen LogP contribution in [0, 0.1) is 17.3 Å². The largest absolute Gasteiger partial charge is 0.316 e. The van der Waals surface area contributed by atoms with Crippen molar-refractivity contribution >= 4 is 0 Å². The molecule has 0 bridgehead atoms. The van der Waals surface area contributed by atoms with Crippen molar-refractivity contribution in [2.75, 3.05) is 13.1 Å². The lowest BCUT2D eigenvalue weighted by Gasteiger charge is -2.37. The maximum Gasteiger partial charge on any atom is 0.00235 e. The molecule has 0 spiro atoms. The van der Waals surface area contributed by atoms with E-state index in [4.69, 9.17) is 0 Å². The Hall–Kier alpha value is -0.820. The minimum Gasteiger partial charge on any atom is -0.316 e. The second kappa shape index (κ2) is 6.12. The number of nitrogens with one attached hydrogen (secondary N) is 1. The van der Waals surface area contributed by atoms with Gasteiger partial charge in [-0.05, 0) is 67.0 Å². The van der Waals surface area contributed by atoms with E-state index in [0.717, 1.165) is 17.8 Å². The van der Waals surface area contributed by atoms with E-state index >= 15 is 0 Å². The molecule has 2 aliphatic rings. The molecule has 0 amide bonds. The third kappa shape index (κ3) is 3.51. The molecule has 0 radical (unpaired) electrons. The van der Waals surface area contributed by atoms with Gasteiger partial charge >= 0.3 is 0 Å². The van der Waals surface area contributed by atoms with Crippen molar-refractivity contribution in [2.45, 2.75) is 58.8 Å². The third-order valence-electron chi connectivity index (χ3n) is 5.86. The molecule has 21 heavy (non-hydrogen) atoms. The molecule has 0 heterocycles. The Morgan fingerprint density at radius 3 is 2.38 bits per heavy atom. The summed E-state index contributed by atoms with van der Waals surface area (Å²) in [4.78, 5) is 0. The van der Waals surface area contributed by atoms with Crippen LogP contribution < -0.4 is 5.32 Å². The highest BCUT2D eigenvalue weighted by molar-refractivity contribution is 5.40. The number of benzene rings is 1. The molecular weight excluding hydrogens is 254 g/mol. The van der Waals surface area contributed by atoms with Crippen molar-refractivity contribution in [1.29, 1.82) is 0 Å². The predicted octanol–water partition coefficient (Wildman–Crippen LogP) is 4.77. The van der Waals surface area contributed by atoms with Gasteiger partial charge in [0.25, 0.3) is 0 Å². The first-order chi connectivity index (χ1) is 10.0. The highest BCUT2D eigenvalue weighted by Crippen LogP contribution is 2.39. The summed E-state index contributed by atoms with van der Waals surface area (Å²) in [5, 5.41) is 3.75. The fourth-order valence-electron chi connectivity index (χ4n) is 4.24. The fourth-order valence-corrected chi connectivity index (χ4v) is 4.24. The van der Waals surface area contributed by atoms with Crippen LogP contribution in [-0.2, 0) is 6.42 Å². The minimum absolute atomic E-state index is 0.508. The van der Waals surface area contributed by atoms with E-state index in [0.29, 0.717) is 5.41 Å². The maximum atomic E-state index is 3.75. The lowest BCUT2D eigenvalue weighted by molar-refractivity contribution is 0.149. The summed E-state index contributed by atoms with van der Waals surface area (Å²) in [6.07, 6.45) is 7.00. The van der Waals surface area contributed by atoms with Crippen molar-refractivity contribution in [3.63, 3.8) is 0 Å². The van der Waals surface area contributed by atoms with Gasteiger partial charge in [-0.2, -0.15) is 0 Å². The van der Waals surface area contributed by atoms with Gasteiger partial charge in [-0.1, -0.05) is 45.0 Å². The first-order valence-corrected chi connectivity index (χ1v) is 8.82. The van der Waals surface area contributed by atoms with Gasteiger partial charge in [-0.25, -0.2) is 0 Å². The van der Waals surface area contributed by atoms with Crippen LogP contribution in [0.1, 0.15) is 63.5 Å². The van der Waals surface area contributed by atoms with Gasteiger partial charge in [0.05, 0.1) is 0 Å². The van der Waals surface area contributed by atoms with E-state index in [-0.39, 0.29) is 0 Å². The quantitative estimate of drug-likeness (QED) is 0.840. The van der Waals surface area contributed by atoms with Gasteiger partial charge in [0.15, 0.2) is 0 Å². The molecule has 0 aromatic heterocycles. The SMILES string of the molecule is CC(C)(C)C1CCC(CNCC2Cc3ccccc32)CC1. The van der Waals surface area contributed by atoms with Crippen LogP contribution in [0.3, 0.4) is 0 Å². The Kier molecular flexibility index (Phi) is 4.40.